The van der Waals surface area contributed by atoms with Crippen molar-refractivity contribution in [3.63, 3.8) is 0 Å². The van der Waals surface area contributed by atoms with Crippen LogP contribution in [-0.4, -0.2) is 6.04 Å². The van der Waals surface area contributed by atoms with Crippen molar-refractivity contribution in [1.82, 2.24) is 0 Å². The Labute approximate surface area is 123 Å². The van der Waals surface area contributed by atoms with Gasteiger partial charge >= 0.3 is 0 Å². The van der Waals surface area contributed by atoms with Crippen LogP contribution < -0.4 is 5.32 Å². The molecule has 1 unspecified atom stereocenters. The highest BCUT2D eigenvalue weighted by Crippen LogP contribution is 2.16. The Morgan fingerprint density at radius 2 is 1.71 bits per heavy atom. The van der Waals surface area contributed by atoms with E-state index in [1.807, 2.05) is 19.1 Å². The van der Waals surface area contributed by atoms with Gasteiger partial charge in [-0.3, -0.25) is 0 Å². The quantitative estimate of drug-likeness (QED) is 0.930. The zero-order valence-electron chi connectivity index (χ0n) is 11.6. The number of nitrogens with one attached hydrogen (secondary N) is 1. The third-order valence-electron chi connectivity index (χ3n) is 3.13. The SMILES string of the molecule is CC(Cc1ccc(F)cc1)Nc1ccc(C#N)c(C#N)c1. The van der Waals surface area contributed by atoms with E-state index in [2.05, 4.69) is 5.32 Å². The van der Waals surface area contributed by atoms with Gasteiger partial charge in [-0.15, -0.1) is 0 Å². The summed E-state index contributed by atoms with van der Waals surface area (Å²) in [7, 11) is 0. The van der Waals surface area contributed by atoms with Gasteiger partial charge in [0, 0.05) is 11.7 Å². The highest BCUT2D eigenvalue weighted by atomic mass is 19.1. The first-order valence-electron chi connectivity index (χ1n) is 6.57. The molecule has 0 bridgehead atoms. The van der Waals surface area contributed by atoms with Gasteiger partial charge in [-0.05, 0) is 49.2 Å². The van der Waals surface area contributed by atoms with E-state index < -0.39 is 0 Å². The Kier molecular flexibility index (Phi) is 4.53. The maximum atomic E-state index is 12.9. The fourth-order valence-corrected chi connectivity index (χ4v) is 2.13. The molecule has 1 N–H and O–H groups in total. The van der Waals surface area contributed by atoms with Crippen molar-refractivity contribution in [2.24, 2.45) is 0 Å². The molecule has 0 aromatic heterocycles. The third-order valence-corrected chi connectivity index (χ3v) is 3.13. The highest BCUT2D eigenvalue weighted by molar-refractivity contribution is 5.56. The van der Waals surface area contributed by atoms with Crippen LogP contribution in [0.15, 0.2) is 42.5 Å². The number of nitriles is 2. The van der Waals surface area contributed by atoms with Crippen LogP contribution >= 0.6 is 0 Å². The molecule has 0 amide bonds. The van der Waals surface area contributed by atoms with Gasteiger partial charge in [0.1, 0.15) is 18.0 Å². The smallest absolute Gasteiger partial charge is 0.123 e. The predicted molar refractivity (Wildman–Crippen MR) is 79.1 cm³/mol. The van der Waals surface area contributed by atoms with E-state index in [1.54, 1.807) is 30.3 Å². The van der Waals surface area contributed by atoms with E-state index >= 15 is 0 Å². The molecule has 0 heterocycles. The summed E-state index contributed by atoms with van der Waals surface area (Å²) in [5, 5.41) is 21.2. The molecule has 3 nitrogen and oxygen atoms in total. The minimum Gasteiger partial charge on any atom is -0.382 e. The van der Waals surface area contributed by atoms with Gasteiger partial charge in [0.2, 0.25) is 0 Å². The van der Waals surface area contributed by atoms with Gasteiger partial charge in [0.05, 0.1) is 11.1 Å². The molecule has 2 aromatic rings. The van der Waals surface area contributed by atoms with Crippen LogP contribution in [0.25, 0.3) is 0 Å². The molecule has 0 spiro atoms. The van der Waals surface area contributed by atoms with E-state index in [4.69, 9.17) is 10.5 Å². The van der Waals surface area contributed by atoms with Crippen LogP contribution in [-0.2, 0) is 6.42 Å². The van der Waals surface area contributed by atoms with Crippen LogP contribution in [0.3, 0.4) is 0 Å². The number of hydrogen-bond acceptors (Lipinski definition) is 3. The van der Waals surface area contributed by atoms with E-state index in [-0.39, 0.29) is 11.9 Å². The summed E-state index contributed by atoms with van der Waals surface area (Å²) in [6.45, 7) is 2.01. The number of benzene rings is 2. The first kappa shape index (κ1) is 14.6. The standard InChI is InChI=1S/C17H14FN3/c1-12(8-13-2-5-16(18)6-3-13)21-17-7-4-14(10-19)15(9-17)11-20/h2-7,9,12,21H,8H2,1H3. The normalized spacial score (nSPS) is 11.2. The monoisotopic (exact) mass is 279 g/mol. The Morgan fingerprint density at radius 1 is 1.05 bits per heavy atom. The molecular formula is C17H14FN3. The summed E-state index contributed by atoms with van der Waals surface area (Å²) in [6.07, 6.45) is 0.738. The summed E-state index contributed by atoms with van der Waals surface area (Å²) in [5.74, 6) is -0.245. The summed E-state index contributed by atoms with van der Waals surface area (Å²) in [5.41, 5.74) is 2.55. The predicted octanol–water partition coefficient (Wildman–Crippen LogP) is 3.61. The van der Waals surface area contributed by atoms with Crippen molar-refractivity contribution in [3.8, 4) is 12.1 Å². The number of halogens is 1. The van der Waals surface area contributed by atoms with Gasteiger partial charge in [-0.1, -0.05) is 12.1 Å². The molecule has 0 aliphatic rings. The van der Waals surface area contributed by atoms with Gasteiger partial charge < -0.3 is 5.32 Å². The van der Waals surface area contributed by atoms with Crippen molar-refractivity contribution < 1.29 is 4.39 Å². The van der Waals surface area contributed by atoms with Crippen LogP contribution in [0, 0.1) is 28.5 Å². The molecule has 0 aliphatic heterocycles. The molecule has 2 rings (SSSR count). The second-order valence-electron chi connectivity index (χ2n) is 4.86. The minimum atomic E-state index is -0.245. The second kappa shape index (κ2) is 6.54. The van der Waals surface area contributed by atoms with Crippen LogP contribution in [0.2, 0.25) is 0 Å². The third kappa shape index (κ3) is 3.81. The van der Waals surface area contributed by atoms with E-state index in [1.165, 1.54) is 12.1 Å². The summed E-state index contributed by atoms with van der Waals surface area (Å²) < 4.78 is 12.9. The van der Waals surface area contributed by atoms with Crippen LogP contribution in [0.4, 0.5) is 10.1 Å². The lowest BCUT2D eigenvalue weighted by atomic mass is 10.1. The number of nitrogens with zero attached hydrogens (tertiary/aromatic N) is 2. The van der Waals surface area contributed by atoms with Crippen molar-refractivity contribution in [2.45, 2.75) is 19.4 Å². The van der Waals surface area contributed by atoms with E-state index in [0.717, 1.165) is 17.7 Å². The molecule has 0 saturated heterocycles. The molecule has 1 atom stereocenters. The van der Waals surface area contributed by atoms with Crippen molar-refractivity contribution in [3.05, 3.63) is 65.0 Å². The first-order chi connectivity index (χ1) is 10.1. The second-order valence-corrected chi connectivity index (χ2v) is 4.86. The molecule has 0 radical (unpaired) electrons. The number of rotatable bonds is 4. The Hall–Kier alpha value is -2.85. The fourth-order valence-electron chi connectivity index (χ4n) is 2.13. The zero-order chi connectivity index (χ0) is 15.2. The average molecular weight is 279 g/mol. The molecule has 21 heavy (non-hydrogen) atoms. The maximum absolute atomic E-state index is 12.9. The van der Waals surface area contributed by atoms with Gasteiger partial charge in [0.15, 0.2) is 0 Å². The summed E-state index contributed by atoms with van der Waals surface area (Å²) >= 11 is 0. The lowest BCUT2D eigenvalue weighted by Crippen LogP contribution is -2.18. The van der Waals surface area contributed by atoms with Crippen molar-refractivity contribution >= 4 is 5.69 Å². The molecule has 2 aromatic carbocycles. The molecule has 104 valence electrons. The molecular weight excluding hydrogens is 265 g/mol. The van der Waals surface area contributed by atoms with E-state index in [9.17, 15) is 4.39 Å². The highest BCUT2D eigenvalue weighted by Gasteiger charge is 2.07. The van der Waals surface area contributed by atoms with Gasteiger partial charge in [-0.2, -0.15) is 10.5 Å². The molecule has 0 saturated carbocycles. The fraction of sp³-hybridized carbons (Fsp3) is 0.176. The molecule has 0 aliphatic carbocycles. The average Bonchev–Trinajstić information content (AvgIpc) is 2.49. The largest absolute Gasteiger partial charge is 0.382 e. The lowest BCUT2D eigenvalue weighted by molar-refractivity contribution is 0.626. The van der Waals surface area contributed by atoms with E-state index in [0.29, 0.717) is 11.1 Å². The van der Waals surface area contributed by atoms with Crippen molar-refractivity contribution in [1.29, 1.82) is 10.5 Å². The van der Waals surface area contributed by atoms with Crippen molar-refractivity contribution in [2.75, 3.05) is 5.32 Å². The first-order valence-corrected chi connectivity index (χ1v) is 6.57. The minimum absolute atomic E-state index is 0.120. The lowest BCUT2D eigenvalue weighted by Gasteiger charge is -2.15. The Bertz CT molecular complexity index is 708. The topological polar surface area (TPSA) is 59.6 Å². The zero-order valence-corrected chi connectivity index (χ0v) is 11.6. The summed E-state index contributed by atoms with van der Waals surface area (Å²) in [4.78, 5) is 0. The number of anilines is 1. The van der Waals surface area contributed by atoms with Crippen LogP contribution in [0.1, 0.15) is 23.6 Å². The van der Waals surface area contributed by atoms with Crippen LogP contribution in [0.5, 0.6) is 0 Å². The maximum Gasteiger partial charge on any atom is 0.123 e. The summed E-state index contributed by atoms with van der Waals surface area (Å²) in [6, 6.07) is 15.6. The van der Waals surface area contributed by atoms with Gasteiger partial charge in [-0.25, -0.2) is 4.39 Å². The number of hydrogen-bond donors (Lipinski definition) is 1. The molecule has 4 heteroatoms. The Morgan fingerprint density at radius 3 is 2.33 bits per heavy atom. The van der Waals surface area contributed by atoms with Gasteiger partial charge in [0.25, 0.3) is 0 Å². The molecule has 0 fully saturated rings. The Balaban J connectivity index is 2.06.